The van der Waals surface area contributed by atoms with E-state index in [1.165, 1.54) is 4.90 Å². The number of aliphatic hydroxyl groups is 1. The molecule has 0 bridgehead atoms. The number of benzene rings is 1. The minimum atomic E-state index is -0.924. The summed E-state index contributed by atoms with van der Waals surface area (Å²) in [5.74, 6) is 0.274. The lowest BCUT2D eigenvalue weighted by molar-refractivity contribution is -0.0206. The van der Waals surface area contributed by atoms with E-state index in [2.05, 4.69) is 18.7 Å². The average molecular weight is 348 g/mol. The highest BCUT2D eigenvalue weighted by atomic mass is 16.4. The molecule has 1 aliphatic rings. The van der Waals surface area contributed by atoms with E-state index in [1.54, 1.807) is 0 Å². The average Bonchev–Trinajstić information content (AvgIpc) is 2.43. The highest BCUT2D eigenvalue weighted by Crippen LogP contribution is 2.33. The molecule has 1 saturated heterocycles. The van der Waals surface area contributed by atoms with Crippen molar-refractivity contribution in [1.82, 2.24) is 9.80 Å². The van der Waals surface area contributed by atoms with Crippen molar-refractivity contribution in [3.05, 3.63) is 35.4 Å². The highest BCUT2D eigenvalue weighted by molar-refractivity contribution is 5.66. The summed E-state index contributed by atoms with van der Waals surface area (Å²) in [4.78, 5) is 15.4. The third kappa shape index (κ3) is 4.33. The number of amides is 1. The fourth-order valence-electron chi connectivity index (χ4n) is 3.60. The van der Waals surface area contributed by atoms with Gasteiger partial charge in [0, 0.05) is 30.6 Å². The van der Waals surface area contributed by atoms with E-state index in [4.69, 9.17) is 0 Å². The van der Waals surface area contributed by atoms with Gasteiger partial charge >= 0.3 is 6.09 Å². The van der Waals surface area contributed by atoms with Gasteiger partial charge in [-0.2, -0.15) is 0 Å². The Morgan fingerprint density at radius 3 is 2.00 bits per heavy atom. The maximum absolute atomic E-state index is 11.6. The Labute approximate surface area is 151 Å². The molecule has 140 valence electrons. The number of nitrogens with zero attached hydrogens (tertiary/aromatic N) is 2. The number of carbonyl (C=O) groups is 1. The molecule has 2 atom stereocenters. The first-order chi connectivity index (χ1) is 11.5. The summed E-state index contributed by atoms with van der Waals surface area (Å²) in [6, 6.07) is 8.00. The van der Waals surface area contributed by atoms with Crippen LogP contribution in [0.3, 0.4) is 0 Å². The van der Waals surface area contributed by atoms with Gasteiger partial charge in [-0.25, -0.2) is 4.79 Å². The second-order valence-electron chi connectivity index (χ2n) is 8.42. The van der Waals surface area contributed by atoms with Gasteiger partial charge in [-0.3, -0.25) is 4.90 Å². The lowest BCUT2D eigenvalue weighted by Crippen LogP contribution is -2.52. The number of likely N-dealkylation sites (tertiary alicyclic amines) is 1. The van der Waals surface area contributed by atoms with Crippen molar-refractivity contribution in [3.63, 3.8) is 0 Å². The van der Waals surface area contributed by atoms with Crippen LogP contribution in [0.4, 0.5) is 4.79 Å². The summed E-state index contributed by atoms with van der Waals surface area (Å²) in [5.41, 5.74) is 1.36. The molecule has 0 saturated carbocycles. The van der Waals surface area contributed by atoms with Gasteiger partial charge in [0.05, 0.1) is 12.1 Å². The van der Waals surface area contributed by atoms with Crippen LogP contribution in [0.25, 0.3) is 0 Å². The molecule has 0 radical (unpaired) electrons. The van der Waals surface area contributed by atoms with Crippen molar-refractivity contribution in [2.45, 2.75) is 65.3 Å². The van der Waals surface area contributed by atoms with Crippen LogP contribution in [0, 0.1) is 5.92 Å². The van der Waals surface area contributed by atoms with Gasteiger partial charge < -0.3 is 15.1 Å². The molecule has 1 heterocycles. The summed E-state index contributed by atoms with van der Waals surface area (Å²) in [7, 11) is 0. The first-order valence-corrected chi connectivity index (χ1v) is 9.06. The standard InChI is InChI=1S/C20H32N2O3/c1-13(2)21-11-17(12-21)18(23)16-9-7-15(8-10-16)14(3)22(19(24)25)20(4,5)6/h7-10,13-14,17-18,23H,11-12H2,1-6H3,(H,24,25)/t14-,18?/m0/s1. The minimum absolute atomic E-state index is 0.246. The second-order valence-corrected chi connectivity index (χ2v) is 8.42. The quantitative estimate of drug-likeness (QED) is 0.847. The Balaban J connectivity index is 2.08. The number of hydrogen-bond acceptors (Lipinski definition) is 3. The minimum Gasteiger partial charge on any atom is -0.465 e. The molecular weight excluding hydrogens is 316 g/mol. The molecule has 1 aromatic carbocycles. The van der Waals surface area contributed by atoms with Gasteiger partial charge in [0.2, 0.25) is 0 Å². The summed E-state index contributed by atoms with van der Waals surface area (Å²) in [6.07, 6.45) is -1.38. The molecule has 2 rings (SSSR count). The monoisotopic (exact) mass is 348 g/mol. The van der Waals surface area contributed by atoms with Crippen molar-refractivity contribution < 1.29 is 15.0 Å². The van der Waals surface area contributed by atoms with Crippen LogP contribution in [0.5, 0.6) is 0 Å². The fourth-order valence-corrected chi connectivity index (χ4v) is 3.60. The predicted octanol–water partition coefficient (Wildman–Crippen LogP) is 3.90. The highest BCUT2D eigenvalue weighted by Gasteiger charge is 2.35. The maximum atomic E-state index is 11.6. The molecule has 5 heteroatoms. The zero-order valence-corrected chi connectivity index (χ0v) is 16.2. The summed E-state index contributed by atoms with van der Waals surface area (Å²) in [5, 5.41) is 20.1. The smallest absolute Gasteiger partial charge is 0.408 e. The summed E-state index contributed by atoms with van der Waals surface area (Å²) < 4.78 is 0. The molecule has 0 aromatic heterocycles. The van der Waals surface area contributed by atoms with Crippen LogP contribution in [0.1, 0.15) is 64.8 Å². The third-order valence-corrected chi connectivity index (χ3v) is 5.19. The van der Waals surface area contributed by atoms with Gasteiger partial charge in [-0.05, 0) is 52.7 Å². The van der Waals surface area contributed by atoms with Crippen LogP contribution in [-0.2, 0) is 0 Å². The van der Waals surface area contributed by atoms with Crippen molar-refractivity contribution in [2.75, 3.05) is 13.1 Å². The van der Waals surface area contributed by atoms with Crippen molar-refractivity contribution in [1.29, 1.82) is 0 Å². The Kier molecular flexibility index (Phi) is 5.79. The molecule has 2 N–H and O–H groups in total. The molecule has 1 aliphatic heterocycles. The third-order valence-electron chi connectivity index (χ3n) is 5.19. The number of hydrogen-bond donors (Lipinski definition) is 2. The number of carboxylic acid groups (broad SMARTS) is 1. The molecule has 0 spiro atoms. The Hall–Kier alpha value is -1.59. The molecular formula is C20H32N2O3. The van der Waals surface area contributed by atoms with E-state index in [0.717, 1.165) is 24.2 Å². The van der Waals surface area contributed by atoms with Crippen LogP contribution in [0.15, 0.2) is 24.3 Å². The number of rotatable bonds is 5. The summed E-state index contributed by atoms with van der Waals surface area (Å²) in [6.45, 7) is 13.8. The Bertz CT molecular complexity index is 586. The zero-order chi connectivity index (χ0) is 18.9. The van der Waals surface area contributed by atoms with Gasteiger partial charge in [0.15, 0.2) is 0 Å². The lowest BCUT2D eigenvalue weighted by atomic mass is 9.87. The Morgan fingerprint density at radius 1 is 1.12 bits per heavy atom. The Morgan fingerprint density at radius 2 is 1.60 bits per heavy atom. The number of aliphatic hydroxyl groups excluding tert-OH is 1. The molecule has 0 aliphatic carbocycles. The zero-order valence-electron chi connectivity index (χ0n) is 16.2. The maximum Gasteiger partial charge on any atom is 0.408 e. The molecule has 1 amide bonds. The van der Waals surface area contributed by atoms with E-state index in [0.29, 0.717) is 6.04 Å². The molecule has 25 heavy (non-hydrogen) atoms. The first kappa shape index (κ1) is 19.7. The molecule has 5 nitrogen and oxygen atoms in total. The van der Waals surface area contributed by atoms with E-state index in [-0.39, 0.29) is 12.0 Å². The predicted molar refractivity (Wildman–Crippen MR) is 99.6 cm³/mol. The van der Waals surface area contributed by atoms with Crippen LogP contribution < -0.4 is 0 Å². The van der Waals surface area contributed by atoms with E-state index in [1.807, 2.05) is 52.0 Å². The second kappa shape index (κ2) is 7.34. The molecule has 1 aromatic rings. The normalized spacial score (nSPS) is 18.7. The van der Waals surface area contributed by atoms with E-state index in [9.17, 15) is 15.0 Å². The lowest BCUT2D eigenvalue weighted by Gasteiger charge is -2.44. The van der Waals surface area contributed by atoms with Crippen LogP contribution >= 0.6 is 0 Å². The first-order valence-electron chi connectivity index (χ1n) is 9.06. The van der Waals surface area contributed by atoms with Crippen molar-refractivity contribution >= 4 is 6.09 Å². The van der Waals surface area contributed by atoms with Crippen LogP contribution in [-0.4, -0.2) is 50.8 Å². The van der Waals surface area contributed by atoms with Crippen molar-refractivity contribution in [3.8, 4) is 0 Å². The van der Waals surface area contributed by atoms with Gasteiger partial charge in [0.1, 0.15) is 0 Å². The topological polar surface area (TPSA) is 64.0 Å². The fraction of sp³-hybridized carbons (Fsp3) is 0.650. The van der Waals surface area contributed by atoms with Gasteiger partial charge in [-0.15, -0.1) is 0 Å². The van der Waals surface area contributed by atoms with Gasteiger partial charge in [0.25, 0.3) is 0 Å². The van der Waals surface area contributed by atoms with Crippen LogP contribution in [0.2, 0.25) is 0 Å². The molecule has 1 unspecified atom stereocenters. The largest absolute Gasteiger partial charge is 0.465 e. The van der Waals surface area contributed by atoms with Crippen molar-refractivity contribution in [2.24, 2.45) is 5.92 Å². The SMILES string of the molecule is CC(C)N1CC(C(O)c2ccc([C@H](C)N(C(=O)O)C(C)(C)C)cc2)C1. The summed E-state index contributed by atoms with van der Waals surface area (Å²) >= 11 is 0. The molecule has 1 fully saturated rings. The van der Waals surface area contributed by atoms with Gasteiger partial charge in [-0.1, -0.05) is 24.3 Å². The van der Waals surface area contributed by atoms with E-state index >= 15 is 0 Å². The van der Waals surface area contributed by atoms with E-state index < -0.39 is 17.7 Å².